The molecule has 0 bridgehead atoms. The van der Waals surface area contributed by atoms with Crippen LogP contribution in [0.5, 0.6) is 5.75 Å². The molecule has 59 heavy (non-hydrogen) atoms. The van der Waals surface area contributed by atoms with Crippen molar-refractivity contribution < 1.29 is 38.5 Å². The maximum Gasteiger partial charge on any atom is 0.148 e. The Bertz CT molecular complexity index is 3090. The summed E-state index contributed by atoms with van der Waals surface area (Å²) in [6, 6.07) is 47.4. The molecule has 0 amide bonds. The summed E-state index contributed by atoms with van der Waals surface area (Å²) in [4.78, 5) is 10.1. The van der Waals surface area contributed by atoms with E-state index in [4.69, 9.17) is 22.3 Å². The minimum atomic E-state index is -3.36. The predicted octanol–water partition coefficient (Wildman–Crippen LogP) is 14.2. The zero-order chi connectivity index (χ0) is 48.5. The molecule has 8 aromatic rings. The number of hydrogen-bond donors (Lipinski definition) is 1. The van der Waals surface area contributed by atoms with Crippen LogP contribution < -0.4 is 0 Å². The molecule has 4 nitrogen and oxygen atoms in total. The Labute approximate surface area is 377 Å². The number of pyridine rings is 1. The quantitative estimate of drug-likeness (QED) is 0.169. The van der Waals surface area contributed by atoms with Crippen LogP contribution in [0.4, 0.5) is 0 Å². The Morgan fingerprint density at radius 3 is 1.90 bits per heavy atom. The van der Waals surface area contributed by atoms with Gasteiger partial charge in [-0.3, -0.25) is 9.55 Å². The van der Waals surface area contributed by atoms with Crippen molar-refractivity contribution in [3.05, 3.63) is 168 Å². The van der Waals surface area contributed by atoms with Crippen LogP contribution in [0.2, 0.25) is 0 Å². The number of rotatable bonds is 6. The van der Waals surface area contributed by atoms with Crippen molar-refractivity contribution in [1.82, 2.24) is 14.5 Å². The maximum atomic E-state index is 11.4. The van der Waals surface area contributed by atoms with Gasteiger partial charge >= 0.3 is 0 Å². The van der Waals surface area contributed by atoms with E-state index in [1.165, 1.54) is 12.1 Å². The van der Waals surface area contributed by atoms with E-state index >= 15 is 0 Å². The maximum absolute atomic E-state index is 11.4. The van der Waals surface area contributed by atoms with Gasteiger partial charge in [-0.05, 0) is 86.0 Å². The van der Waals surface area contributed by atoms with Gasteiger partial charge in [-0.25, -0.2) is 4.98 Å². The van der Waals surface area contributed by atoms with Gasteiger partial charge in [-0.1, -0.05) is 164 Å². The summed E-state index contributed by atoms with van der Waals surface area (Å²) < 4.78 is 75.6. The number of fused-ring (bicyclic) bond motifs is 1. The van der Waals surface area contributed by atoms with E-state index in [-0.39, 0.29) is 43.2 Å². The predicted molar refractivity (Wildman–Crippen MR) is 243 cm³/mol. The van der Waals surface area contributed by atoms with Crippen LogP contribution in [0.1, 0.15) is 91.1 Å². The van der Waals surface area contributed by atoms with Crippen molar-refractivity contribution in [2.75, 3.05) is 0 Å². The van der Waals surface area contributed by atoms with Gasteiger partial charge in [0.25, 0.3) is 0 Å². The first-order valence-corrected chi connectivity index (χ1v) is 19.5. The van der Waals surface area contributed by atoms with E-state index in [2.05, 4.69) is 94.6 Å². The van der Waals surface area contributed by atoms with Gasteiger partial charge in [0.05, 0.1) is 16.6 Å². The number of aromatic hydroxyl groups is 1. The van der Waals surface area contributed by atoms with Crippen molar-refractivity contribution in [2.24, 2.45) is 0 Å². The molecule has 0 saturated carbocycles. The molecular weight excluding hydrogens is 902 g/mol. The second-order valence-electron chi connectivity index (χ2n) is 17.0. The summed E-state index contributed by atoms with van der Waals surface area (Å²) in [5, 5.41) is 11.4. The van der Waals surface area contributed by atoms with Gasteiger partial charge in [0.2, 0.25) is 0 Å². The molecule has 8 rings (SSSR count). The van der Waals surface area contributed by atoms with Crippen molar-refractivity contribution in [3.63, 3.8) is 0 Å². The SMILES string of the molecule is [2H]C([2H])([2H])C(c1ccc(-c2ccnc(-c3[c-]c(-c4cccc5c4nc(-c4ccccc4O)n5-c4cc(-c5ccccc5)cc(C(C)(C)C)c4)cc(C(C)(C)C)c3)c2)cc1)(C([2H])([2H])[2H])C([2H])([2H])[2H].[Pt]. The number of benzene rings is 6. The second kappa shape index (κ2) is 15.9. The number of phenolic OH excluding ortho intramolecular Hbond substituents is 1. The number of aromatic nitrogens is 3. The molecule has 0 radical (unpaired) electrons. The number of para-hydroxylation sites is 2. The number of phenols is 1. The van der Waals surface area contributed by atoms with Gasteiger partial charge in [-0.2, -0.15) is 0 Å². The van der Waals surface area contributed by atoms with E-state index in [1.54, 1.807) is 36.5 Å². The normalized spacial score (nSPS) is 15.0. The van der Waals surface area contributed by atoms with Gasteiger partial charge in [0.1, 0.15) is 11.6 Å². The Morgan fingerprint density at radius 2 is 1.20 bits per heavy atom. The molecule has 6 aromatic carbocycles. The van der Waals surface area contributed by atoms with Crippen LogP contribution in [-0.4, -0.2) is 19.6 Å². The van der Waals surface area contributed by atoms with Crippen LogP contribution in [-0.2, 0) is 37.3 Å². The summed E-state index contributed by atoms with van der Waals surface area (Å²) in [6.07, 6.45) is 1.66. The monoisotopic (exact) mass is 962 g/mol. The summed E-state index contributed by atoms with van der Waals surface area (Å²) in [5.74, 6) is 0.679. The van der Waals surface area contributed by atoms with Gasteiger partial charge in [0.15, 0.2) is 0 Å². The minimum absolute atomic E-state index is 0. The zero-order valence-electron chi connectivity index (χ0n) is 43.0. The Hall–Kier alpha value is -5.57. The van der Waals surface area contributed by atoms with E-state index in [0.29, 0.717) is 39.3 Å². The standard InChI is InChI=1S/C54H52N3O.Pt/c1-52(2,3)41-24-22-36(23-25-41)37-26-27-55-47(33-37)40-28-39(30-42(31-40)53(4,5)6)45-19-15-20-48-50(45)56-51(46-18-13-14-21-49(46)58)57(48)44-32-38(35-16-11-10-12-17-35)29-43(34-44)54(7,8)9;/h10-27,29-34,58H,1-9H3;/q-1;/i1D3,2D3,3D3;. The summed E-state index contributed by atoms with van der Waals surface area (Å²) in [7, 11) is 0. The fourth-order valence-electron chi connectivity index (χ4n) is 7.35. The molecule has 0 aliphatic heterocycles. The van der Waals surface area contributed by atoms with Crippen LogP contribution in [0.3, 0.4) is 0 Å². The molecule has 5 heteroatoms. The Morgan fingerprint density at radius 1 is 0.559 bits per heavy atom. The molecule has 300 valence electrons. The minimum Gasteiger partial charge on any atom is -0.507 e. The third kappa shape index (κ3) is 8.47. The molecule has 0 aliphatic carbocycles. The molecular formula is C54H52N3OPt-. The summed E-state index contributed by atoms with van der Waals surface area (Å²) >= 11 is 0. The van der Waals surface area contributed by atoms with Crippen molar-refractivity contribution in [1.29, 1.82) is 0 Å². The fraction of sp³-hybridized carbons (Fsp3) is 0.222. The molecule has 0 saturated heterocycles. The number of nitrogens with zero attached hydrogens (tertiary/aromatic N) is 3. The molecule has 2 heterocycles. The van der Waals surface area contributed by atoms with Crippen LogP contribution in [0.15, 0.2) is 146 Å². The second-order valence-corrected chi connectivity index (χ2v) is 17.0. The molecule has 0 unspecified atom stereocenters. The largest absolute Gasteiger partial charge is 0.507 e. The molecule has 0 fully saturated rings. The van der Waals surface area contributed by atoms with Crippen molar-refractivity contribution >= 4 is 11.0 Å². The first-order valence-electron chi connectivity index (χ1n) is 24.0. The molecule has 0 spiro atoms. The van der Waals surface area contributed by atoms with E-state index in [1.807, 2.05) is 54.6 Å². The van der Waals surface area contributed by atoms with Crippen LogP contribution >= 0.6 is 0 Å². The van der Waals surface area contributed by atoms with Gasteiger partial charge in [-0.15, -0.1) is 29.3 Å². The smallest absolute Gasteiger partial charge is 0.148 e. The zero-order valence-corrected chi connectivity index (χ0v) is 36.2. The summed E-state index contributed by atoms with van der Waals surface area (Å²) in [6.45, 7) is 2.91. The first kappa shape index (κ1) is 31.4. The fourth-order valence-corrected chi connectivity index (χ4v) is 7.35. The summed E-state index contributed by atoms with van der Waals surface area (Å²) in [5.41, 5.74) is 7.60. The van der Waals surface area contributed by atoms with E-state index in [9.17, 15) is 5.11 Å². The molecule has 0 aliphatic rings. The van der Waals surface area contributed by atoms with E-state index in [0.717, 1.165) is 44.6 Å². The van der Waals surface area contributed by atoms with E-state index < -0.39 is 26.0 Å². The molecule has 2 aromatic heterocycles. The average Bonchev–Trinajstić information content (AvgIpc) is 3.65. The van der Waals surface area contributed by atoms with Crippen LogP contribution in [0, 0.1) is 6.07 Å². The topological polar surface area (TPSA) is 50.9 Å². The van der Waals surface area contributed by atoms with Crippen molar-refractivity contribution in [3.8, 4) is 67.5 Å². The number of imidazole rings is 1. The molecule has 0 atom stereocenters. The third-order valence-electron chi connectivity index (χ3n) is 10.7. The Kier molecular flexibility index (Phi) is 8.44. The van der Waals surface area contributed by atoms with Gasteiger partial charge in [0, 0.05) is 51.0 Å². The van der Waals surface area contributed by atoms with Gasteiger partial charge < -0.3 is 5.11 Å². The van der Waals surface area contributed by atoms with Crippen molar-refractivity contribution in [2.45, 2.75) is 78.3 Å². The van der Waals surface area contributed by atoms with Crippen LogP contribution in [0.25, 0.3) is 72.7 Å². The first-order chi connectivity index (χ1) is 31.3. The number of hydrogen-bond acceptors (Lipinski definition) is 3. The molecule has 1 N–H and O–H groups in total. The third-order valence-corrected chi connectivity index (χ3v) is 10.7. The Balaban J connectivity index is 0.00000684. The average molecular weight is 963 g/mol.